The van der Waals surface area contributed by atoms with Crippen LogP contribution in [0.5, 0.6) is 0 Å². The van der Waals surface area contributed by atoms with E-state index in [9.17, 15) is 4.79 Å². The zero-order valence-corrected chi connectivity index (χ0v) is 13.9. The van der Waals surface area contributed by atoms with Crippen LogP contribution in [0.4, 0.5) is 0 Å². The molecule has 2 N–H and O–H groups in total. The monoisotopic (exact) mass is 334 g/mol. The molecule has 0 aromatic carbocycles. The van der Waals surface area contributed by atoms with E-state index in [1.165, 1.54) is 12.8 Å². The second-order valence-electron chi connectivity index (χ2n) is 5.84. The van der Waals surface area contributed by atoms with Crippen LogP contribution in [0, 0.1) is 5.92 Å². The van der Waals surface area contributed by atoms with Crippen molar-refractivity contribution >= 4 is 17.2 Å². The Morgan fingerprint density at radius 1 is 1.52 bits per heavy atom. The molecule has 124 valence electrons. The van der Waals surface area contributed by atoms with E-state index in [1.807, 2.05) is 17.5 Å². The normalized spacial score (nSPS) is 18.0. The van der Waals surface area contributed by atoms with Gasteiger partial charge in [-0.15, -0.1) is 11.3 Å². The maximum Gasteiger partial charge on any atom is 0.227 e. The van der Waals surface area contributed by atoms with Crippen LogP contribution >= 0.6 is 11.3 Å². The van der Waals surface area contributed by atoms with E-state index in [2.05, 4.69) is 20.8 Å². The van der Waals surface area contributed by atoms with Gasteiger partial charge in [0.05, 0.1) is 4.88 Å². The van der Waals surface area contributed by atoms with Gasteiger partial charge in [-0.1, -0.05) is 11.2 Å². The zero-order chi connectivity index (χ0) is 15.9. The highest BCUT2D eigenvalue weighted by Crippen LogP contribution is 2.21. The molecule has 2 aromatic rings. The lowest BCUT2D eigenvalue weighted by atomic mass is 9.96. The molecule has 3 heterocycles. The summed E-state index contributed by atoms with van der Waals surface area (Å²) in [7, 11) is 0. The summed E-state index contributed by atoms with van der Waals surface area (Å²) in [5.74, 6) is 1.85. The summed E-state index contributed by atoms with van der Waals surface area (Å²) in [4.78, 5) is 17.2. The van der Waals surface area contributed by atoms with Gasteiger partial charge in [-0.25, -0.2) is 0 Å². The minimum absolute atomic E-state index is 0.0460. The van der Waals surface area contributed by atoms with E-state index in [0.717, 1.165) is 30.9 Å². The highest BCUT2D eigenvalue weighted by molar-refractivity contribution is 7.13. The van der Waals surface area contributed by atoms with Gasteiger partial charge in [-0.05, 0) is 49.7 Å². The number of aromatic nitrogens is 2. The summed E-state index contributed by atoms with van der Waals surface area (Å²) in [6, 6.07) is 3.90. The van der Waals surface area contributed by atoms with Crippen molar-refractivity contribution in [3.8, 4) is 10.7 Å². The molecule has 0 saturated carbocycles. The molecule has 1 atom stereocenters. The van der Waals surface area contributed by atoms with E-state index in [0.29, 0.717) is 30.5 Å². The van der Waals surface area contributed by atoms with Crippen LogP contribution in [0.3, 0.4) is 0 Å². The first kappa shape index (κ1) is 16.1. The second kappa shape index (κ2) is 8.21. The van der Waals surface area contributed by atoms with Crippen LogP contribution in [0.15, 0.2) is 22.0 Å². The third-order valence-corrected chi connectivity index (χ3v) is 4.92. The van der Waals surface area contributed by atoms with Gasteiger partial charge in [0.2, 0.25) is 17.6 Å². The van der Waals surface area contributed by atoms with Crippen LogP contribution in [-0.4, -0.2) is 35.7 Å². The molecule has 2 aromatic heterocycles. The zero-order valence-electron chi connectivity index (χ0n) is 13.1. The molecule has 0 aliphatic carbocycles. The van der Waals surface area contributed by atoms with E-state index in [1.54, 1.807) is 11.3 Å². The third kappa shape index (κ3) is 4.87. The van der Waals surface area contributed by atoms with Gasteiger partial charge in [-0.2, -0.15) is 4.98 Å². The van der Waals surface area contributed by atoms with Gasteiger partial charge < -0.3 is 15.2 Å². The second-order valence-corrected chi connectivity index (χ2v) is 6.79. The fourth-order valence-corrected chi connectivity index (χ4v) is 3.41. The summed E-state index contributed by atoms with van der Waals surface area (Å²) >= 11 is 1.57. The predicted molar refractivity (Wildman–Crippen MR) is 89.2 cm³/mol. The first-order valence-electron chi connectivity index (χ1n) is 8.15. The van der Waals surface area contributed by atoms with Crippen LogP contribution < -0.4 is 10.6 Å². The topological polar surface area (TPSA) is 80.0 Å². The SMILES string of the molecule is O=C(CCc1nc(-c2cccs2)no1)NCCC1CCCNC1. The number of aryl methyl sites for hydroxylation is 1. The smallest absolute Gasteiger partial charge is 0.227 e. The fourth-order valence-electron chi connectivity index (χ4n) is 2.76. The number of carbonyl (C=O) groups is 1. The van der Waals surface area contributed by atoms with Gasteiger partial charge >= 0.3 is 0 Å². The van der Waals surface area contributed by atoms with Crippen molar-refractivity contribution in [2.75, 3.05) is 19.6 Å². The average Bonchev–Trinajstić information content (AvgIpc) is 3.25. The molecular weight excluding hydrogens is 312 g/mol. The standard InChI is InChI=1S/C16H22N4O2S/c21-14(18-9-7-12-3-1-8-17-11-12)5-6-15-19-16(20-22-15)13-4-2-10-23-13/h2,4,10,12,17H,1,3,5-9,11H2,(H,18,21). The quantitative estimate of drug-likeness (QED) is 0.812. The number of piperidine rings is 1. The molecule has 1 amide bonds. The van der Waals surface area contributed by atoms with Crippen LogP contribution in [0.1, 0.15) is 31.6 Å². The number of nitrogens with zero attached hydrogens (tertiary/aromatic N) is 2. The summed E-state index contributed by atoms with van der Waals surface area (Å²) in [6.45, 7) is 2.94. The van der Waals surface area contributed by atoms with Crippen LogP contribution in [0.25, 0.3) is 10.7 Å². The Bertz CT molecular complexity index is 605. The summed E-state index contributed by atoms with van der Waals surface area (Å²) in [5.41, 5.74) is 0. The molecule has 1 aliphatic rings. The minimum Gasteiger partial charge on any atom is -0.356 e. The lowest BCUT2D eigenvalue weighted by Gasteiger charge is -2.22. The maximum atomic E-state index is 11.9. The van der Waals surface area contributed by atoms with Crippen LogP contribution in [-0.2, 0) is 11.2 Å². The van der Waals surface area contributed by atoms with Gasteiger partial charge in [0.25, 0.3) is 0 Å². The molecular formula is C16H22N4O2S. The lowest BCUT2D eigenvalue weighted by Crippen LogP contribution is -2.33. The average molecular weight is 334 g/mol. The fraction of sp³-hybridized carbons (Fsp3) is 0.562. The van der Waals surface area contributed by atoms with E-state index >= 15 is 0 Å². The molecule has 1 fully saturated rings. The molecule has 7 heteroatoms. The number of hydrogen-bond acceptors (Lipinski definition) is 6. The number of amides is 1. The molecule has 1 aliphatic heterocycles. The summed E-state index contributed by atoms with van der Waals surface area (Å²) < 4.78 is 5.20. The Kier molecular flexibility index (Phi) is 5.76. The van der Waals surface area contributed by atoms with E-state index in [4.69, 9.17) is 4.52 Å². The van der Waals surface area contributed by atoms with Gasteiger partial charge in [0, 0.05) is 19.4 Å². The number of carbonyl (C=O) groups excluding carboxylic acids is 1. The van der Waals surface area contributed by atoms with E-state index < -0.39 is 0 Å². The van der Waals surface area contributed by atoms with Crippen molar-refractivity contribution in [3.05, 3.63) is 23.4 Å². The van der Waals surface area contributed by atoms with Gasteiger partial charge in [0.15, 0.2) is 0 Å². The number of thiophene rings is 1. The van der Waals surface area contributed by atoms with Crippen molar-refractivity contribution in [1.82, 2.24) is 20.8 Å². The Labute approximate surface area is 139 Å². The molecule has 0 spiro atoms. The molecule has 0 bridgehead atoms. The number of hydrogen-bond donors (Lipinski definition) is 2. The Morgan fingerprint density at radius 2 is 2.48 bits per heavy atom. The summed E-state index contributed by atoms with van der Waals surface area (Å²) in [5, 5.41) is 12.3. The third-order valence-electron chi connectivity index (χ3n) is 4.05. The Morgan fingerprint density at radius 3 is 3.26 bits per heavy atom. The van der Waals surface area contributed by atoms with Crippen LogP contribution in [0.2, 0.25) is 0 Å². The molecule has 1 unspecified atom stereocenters. The summed E-state index contributed by atoms with van der Waals surface area (Å²) in [6.07, 6.45) is 4.41. The molecule has 1 saturated heterocycles. The highest BCUT2D eigenvalue weighted by Gasteiger charge is 2.14. The lowest BCUT2D eigenvalue weighted by molar-refractivity contribution is -0.121. The van der Waals surface area contributed by atoms with Crippen molar-refractivity contribution in [2.45, 2.75) is 32.1 Å². The van der Waals surface area contributed by atoms with Crippen molar-refractivity contribution < 1.29 is 9.32 Å². The van der Waals surface area contributed by atoms with E-state index in [-0.39, 0.29) is 5.91 Å². The largest absolute Gasteiger partial charge is 0.356 e. The molecule has 0 radical (unpaired) electrons. The van der Waals surface area contributed by atoms with Crippen molar-refractivity contribution in [3.63, 3.8) is 0 Å². The number of nitrogens with one attached hydrogen (secondary N) is 2. The minimum atomic E-state index is 0.0460. The van der Waals surface area contributed by atoms with Crippen molar-refractivity contribution in [2.24, 2.45) is 5.92 Å². The molecule has 6 nitrogen and oxygen atoms in total. The van der Waals surface area contributed by atoms with Crippen molar-refractivity contribution in [1.29, 1.82) is 0 Å². The Hall–Kier alpha value is -1.73. The van der Waals surface area contributed by atoms with Gasteiger partial charge in [0.1, 0.15) is 0 Å². The predicted octanol–water partition coefficient (Wildman–Crippen LogP) is 2.24. The molecule has 23 heavy (non-hydrogen) atoms. The first-order valence-corrected chi connectivity index (χ1v) is 9.03. The number of rotatable bonds is 7. The molecule has 3 rings (SSSR count). The maximum absolute atomic E-state index is 11.9. The highest BCUT2D eigenvalue weighted by atomic mass is 32.1. The van der Waals surface area contributed by atoms with Gasteiger partial charge in [-0.3, -0.25) is 4.79 Å². The first-order chi connectivity index (χ1) is 11.3. The Balaban J connectivity index is 1.35.